The maximum Gasteiger partial charge on any atom is 0.0812 e. The smallest absolute Gasteiger partial charge is 0.0812 e. The number of hydrogen-bond donors (Lipinski definition) is 0. The zero-order chi connectivity index (χ0) is 11.1. The Bertz CT molecular complexity index is 190. The van der Waals surface area contributed by atoms with Crippen LogP contribution in [0, 0.1) is 5.92 Å². The lowest BCUT2D eigenvalue weighted by atomic mass is 9.98. The summed E-state index contributed by atoms with van der Waals surface area (Å²) in [6, 6.07) is 0. The lowest BCUT2D eigenvalue weighted by Gasteiger charge is -2.32. The highest BCUT2D eigenvalue weighted by molar-refractivity contribution is 7.80. The topological polar surface area (TPSA) is 12.5 Å². The quantitative estimate of drug-likeness (QED) is 0.673. The van der Waals surface area contributed by atoms with E-state index in [2.05, 4.69) is 18.7 Å². The molecule has 0 radical (unpaired) electrons. The Morgan fingerprint density at radius 1 is 1.33 bits per heavy atom. The van der Waals surface area contributed by atoms with E-state index in [1.54, 1.807) is 0 Å². The fourth-order valence-corrected chi connectivity index (χ4v) is 2.46. The highest BCUT2D eigenvalue weighted by Crippen LogP contribution is 2.18. The van der Waals surface area contributed by atoms with Gasteiger partial charge in [-0.25, -0.2) is 0 Å². The van der Waals surface area contributed by atoms with E-state index >= 15 is 0 Å². The van der Waals surface area contributed by atoms with Crippen LogP contribution in [0.25, 0.3) is 0 Å². The molecule has 1 aliphatic heterocycles. The van der Waals surface area contributed by atoms with Gasteiger partial charge in [-0.3, -0.25) is 0 Å². The van der Waals surface area contributed by atoms with Crippen LogP contribution in [0.1, 0.15) is 39.5 Å². The van der Waals surface area contributed by atoms with Gasteiger partial charge in [-0.1, -0.05) is 38.9 Å². The predicted molar refractivity (Wildman–Crippen MR) is 68.3 cm³/mol. The molecule has 1 rings (SSSR count). The Balaban J connectivity index is 2.40. The molecule has 0 unspecified atom stereocenters. The van der Waals surface area contributed by atoms with E-state index in [1.807, 2.05) is 0 Å². The van der Waals surface area contributed by atoms with E-state index in [1.165, 1.54) is 30.7 Å². The van der Waals surface area contributed by atoms with Gasteiger partial charge in [-0.2, -0.15) is 0 Å². The van der Waals surface area contributed by atoms with Crippen molar-refractivity contribution in [3.63, 3.8) is 0 Å². The molecule has 1 aliphatic rings. The number of morpholine rings is 1. The molecule has 0 amide bonds. The van der Waals surface area contributed by atoms with E-state index in [0.29, 0.717) is 5.92 Å². The van der Waals surface area contributed by atoms with Crippen molar-refractivity contribution in [1.82, 2.24) is 4.90 Å². The Labute approximate surface area is 99.0 Å². The normalized spacial score (nSPS) is 18.9. The molecule has 0 spiro atoms. The molecular weight excluding hydrogens is 206 g/mol. The minimum Gasteiger partial charge on any atom is -0.378 e. The average Bonchev–Trinajstić information content (AvgIpc) is 2.31. The van der Waals surface area contributed by atoms with Crippen molar-refractivity contribution in [1.29, 1.82) is 0 Å². The maximum absolute atomic E-state index is 5.58. The van der Waals surface area contributed by atoms with E-state index in [4.69, 9.17) is 17.0 Å². The Morgan fingerprint density at radius 2 is 2.00 bits per heavy atom. The fraction of sp³-hybridized carbons (Fsp3) is 0.917. The summed E-state index contributed by atoms with van der Waals surface area (Å²) in [5.74, 6) is 0.609. The first-order chi connectivity index (χ1) is 7.29. The molecule has 15 heavy (non-hydrogen) atoms. The zero-order valence-electron chi connectivity index (χ0n) is 10.00. The number of nitrogens with zero attached hydrogens (tertiary/aromatic N) is 1. The molecule has 3 heteroatoms. The minimum absolute atomic E-state index is 0.609. The Hall–Kier alpha value is -0.150. The molecule has 1 atom stereocenters. The third-order valence-corrected chi connectivity index (χ3v) is 3.66. The second kappa shape index (κ2) is 7.18. The minimum atomic E-state index is 0.609. The first-order valence-electron chi connectivity index (χ1n) is 6.16. The summed E-state index contributed by atoms with van der Waals surface area (Å²) in [6.45, 7) is 8.13. The van der Waals surface area contributed by atoms with Crippen LogP contribution in [-0.4, -0.2) is 36.2 Å². The molecule has 0 bridgehead atoms. The molecule has 1 heterocycles. The Kier molecular flexibility index (Phi) is 6.18. The lowest BCUT2D eigenvalue weighted by Crippen LogP contribution is -2.42. The highest BCUT2D eigenvalue weighted by Gasteiger charge is 2.20. The highest BCUT2D eigenvalue weighted by atomic mass is 32.1. The van der Waals surface area contributed by atoms with Crippen molar-refractivity contribution in [2.24, 2.45) is 5.92 Å². The third-order valence-electron chi connectivity index (χ3n) is 3.07. The summed E-state index contributed by atoms with van der Waals surface area (Å²) >= 11 is 5.58. The van der Waals surface area contributed by atoms with Crippen LogP contribution in [0.2, 0.25) is 0 Å². The van der Waals surface area contributed by atoms with Gasteiger partial charge >= 0.3 is 0 Å². The van der Waals surface area contributed by atoms with Crippen molar-refractivity contribution >= 4 is 17.2 Å². The summed E-state index contributed by atoms with van der Waals surface area (Å²) < 4.78 is 5.34. The van der Waals surface area contributed by atoms with Crippen molar-refractivity contribution in [2.45, 2.75) is 39.5 Å². The first-order valence-corrected chi connectivity index (χ1v) is 6.57. The molecule has 2 nitrogen and oxygen atoms in total. The Morgan fingerprint density at radius 3 is 2.53 bits per heavy atom. The van der Waals surface area contributed by atoms with Crippen LogP contribution in [0.15, 0.2) is 0 Å². The summed E-state index contributed by atoms with van der Waals surface area (Å²) in [6.07, 6.45) is 4.99. The molecule has 0 aromatic rings. The van der Waals surface area contributed by atoms with Crippen LogP contribution in [0.5, 0.6) is 0 Å². The van der Waals surface area contributed by atoms with E-state index in [0.717, 1.165) is 26.3 Å². The van der Waals surface area contributed by atoms with Gasteiger partial charge in [-0.15, -0.1) is 0 Å². The van der Waals surface area contributed by atoms with Crippen LogP contribution in [-0.2, 0) is 4.74 Å². The number of unbranched alkanes of at least 4 members (excludes halogenated alkanes) is 1. The van der Waals surface area contributed by atoms with Crippen molar-refractivity contribution in [2.75, 3.05) is 26.3 Å². The van der Waals surface area contributed by atoms with Crippen molar-refractivity contribution in [3.05, 3.63) is 0 Å². The van der Waals surface area contributed by atoms with E-state index in [-0.39, 0.29) is 0 Å². The molecular formula is C12H23NOS. The van der Waals surface area contributed by atoms with Crippen LogP contribution in [0.3, 0.4) is 0 Å². The third kappa shape index (κ3) is 4.07. The van der Waals surface area contributed by atoms with Gasteiger partial charge in [0.05, 0.1) is 18.2 Å². The second-order valence-electron chi connectivity index (χ2n) is 4.19. The van der Waals surface area contributed by atoms with Gasteiger partial charge in [-0.05, 0) is 12.8 Å². The summed E-state index contributed by atoms with van der Waals surface area (Å²) in [4.78, 5) is 3.51. The van der Waals surface area contributed by atoms with E-state index < -0.39 is 0 Å². The van der Waals surface area contributed by atoms with Crippen LogP contribution in [0.4, 0.5) is 0 Å². The number of ether oxygens (including phenoxy) is 1. The fourth-order valence-electron chi connectivity index (χ4n) is 1.99. The van der Waals surface area contributed by atoms with Crippen LogP contribution >= 0.6 is 12.2 Å². The van der Waals surface area contributed by atoms with Gasteiger partial charge in [0.25, 0.3) is 0 Å². The zero-order valence-corrected chi connectivity index (χ0v) is 10.8. The number of thiocarbonyl (C=S) groups is 1. The maximum atomic E-state index is 5.58. The van der Waals surface area contributed by atoms with E-state index in [9.17, 15) is 0 Å². The molecule has 0 aromatic heterocycles. The molecule has 0 aliphatic carbocycles. The summed E-state index contributed by atoms with van der Waals surface area (Å²) in [7, 11) is 0. The van der Waals surface area contributed by atoms with Gasteiger partial charge in [0.15, 0.2) is 0 Å². The number of rotatable bonds is 5. The first kappa shape index (κ1) is 12.9. The van der Waals surface area contributed by atoms with Gasteiger partial charge < -0.3 is 9.64 Å². The van der Waals surface area contributed by atoms with Crippen molar-refractivity contribution < 1.29 is 4.74 Å². The molecule has 0 saturated carbocycles. The van der Waals surface area contributed by atoms with Gasteiger partial charge in [0.1, 0.15) is 0 Å². The monoisotopic (exact) mass is 229 g/mol. The largest absolute Gasteiger partial charge is 0.378 e. The van der Waals surface area contributed by atoms with Crippen LogP contribution < -0.4 is 0 Å². The van der Waals surface area contributed by atoms with Gasteiger partial charge in [0, 0.05) is 19.0 Å². The molecule has 0 N–H and O–H groups in total. The number of hydrogen-bond acceptors (Lipinski definition) is 2. The summed E-state index contributed by atoms with van der Waals surface area (Å²) in [5, 5.41) is 0. The second-order valence-corrected chi connectivity index (χ2v) is 4.60. The lowest BCUT2D eigenvalue weighted by molar-refractivity contribution is 0.0669. The van der Waals surface area contributed by atoms with Gasteiger partial charge in [0.2, 0.25) is 0 Å². The molecule has 88 valence electrons. The standard InChI is InChI=1S/C12H23NOS/c1-3-5-6-11(4-2)12(15)13-7-9-14-10-8-13/h11H,3-10H2,1-2H3/t11-/m0/s1. The summed E-state index contributed by atoms with van der Waals surface area (Å²) in [5.41, 5.74) is 0. The average molecular weight is 229 g/mol. The SMILES string of the molecule is CCCC[C@H](CC)C(=S)N1CCOCC1. The molecule has 1 fully saturated rings. The molecule has 1 saturated heterocycles. The predicted octanol–water partition coefficient (Wildman–Crippen LogP) is 2.86. The molecule has 0 aromatic carbocycles. The van der Waals surface area contributed by atoms with Crippen molar-refractivity contribution in [3.8, 4) is 0 Å².